The minimum absolute atomic E-state index is 0.216. The fourth-order valence-corrected chi connectivity index (χ4v) is 2.05. The lowest BCUT2D eigenvalue weighted by molar-refractivity contribution is 0.907. The molecule has 2 aromatic rings. The van der Waals surface area contributed by atoms with Gasteiger partial charge in [-0.1, -0.05) is 0 Å². The number of aryl methyl sites for hydroxylation is 2. The van der Waals surface area contributed by atoms with Gasteiger partial charge in [0.1, 0.15) is 5.00 Å². The van der Waals surface area contributed by atoms with Crippen molar-refractivity contribution in [3.05, 3.63) is 45.5 Å². The van der Waals surface area contributed by atoms with Gasteiger partial charge in [0, 0.05) is 16.8 Å². The molecule has 0 amide bonds. The molecule has 2 heterocycles. The molecular formula is C10H10N2OS. The van der Waals surface area contributed by atoms with Gasteiger partial charge in [0.05, 0.1) is 0 Å². The smallest absolute Gasteiger partial charge is 0.259 e. The maximum atomic E-state index is 11.5. The summed E-state index contributed by atoms with van der Waals surface area (Å²) in [5, 5.41) is 0.917. The molecule has 0 fully saturated rings. The molecule has 0 N–H and O–H groups in total. The fraction of sp³-hybridized carbons (Fsp3) is 0.200. The van der Waals surface area contributed by atoms with Crippen LogP contribution >= 0.6 is 11.3 Å². The molecule has 3 nitrogen and oxygen atoms in total. The van der Waals surface area contributed by atoms with Crippen molar-refractivity contribution in [3.63, 3.8) is 0 Å². The first-order valence-corrected chi connectivity index (χ1v) is 5.11. The van der Waals surface area contributed by atoms with Crippen LogP contribution in [0.5, 0.6) is 0 Å². The third-order valence-electron chi connectivity index (χ3n) is 1.91. The Balaban J connectivity index is 2.57. The zero-order valence-corrected chi connectivity index (χ0v) is 8.84. The van der Waals surface area contributed by atoms with E-state index in [1.807, 2.05) is 32.0 Å². The SMILES string of the molecule is Cc1ccn(-c2ccc(C)s2)c(=O)n1. The van der Waals surface area contributed by atoms with Crippen molar-refractivity contribution in [1.82, 2.24) is 9.55 Å². The predicted molar refractivity (Wildman–Crippen MR) is 57.2 cm³/mol. The molecule has 0 bridgehead atoms. The predicted octanol–water partition coefficient (Wildman–Crippen LogP) is 1.91. The first kappa shape index (κ1) is 9.15. The third-order valence-corrected chi connectivity index (χ3v) is 2.91. The van der Waals surface area contributed by atoms with Crippen LogP contribution < -0.4 is 5.69 Å². The largest absolute Gasteiger partial charge is 0.352 e. The molecule has 0 atom stereocenters. The number of thiophene rings is 1. The van der Waals surface area contributed by atoms with Crippen molar-refractivity contribution >= 4 is 11.3 Å². The number of rotatable bonds is 1. The van der Waals surface area contributed by atoms with Crippen molar-refractivity contribution in [2.45, 2.75) is 13.8 Å². The topological polar surface area (TPSA) is 34.9 Å². The van der Waals surface area contributed by atoms with E-state index < -0.39 is 0 Å². The van der Waals surface area contributed by atoms with Crippen LogP contribution in [-0.4, -0.2) is 9.55 Å². The Labute approximate surface area is 85.7 Å². The van der Waals surface area contributed by atoms with Crippen LogP contribution in [0.2, 0.25) is 0 Å². The van der Waals surface area contributed by atoms with Gasteiger partial charge in [-0.25, -0.2) is 4.79 Å². The molecule has 0 saturated carbocycles. The van der Waals surface area contributed by atoms with E-state index in [9.17, 15) is 4.79 Å². The van der Waals surface area contributed by atoms with E-state index in [1.54, 1.807) is 22.1 Å². The standard InChI is InChI=1S/C10H10N2OS/c1-7-5-6-12(10(13)11-7)9-4-3-8(2)14-9/h3-6H,1-2H3. The third kappa shape index (κ3) is 1.61. The van der Waals surface area contributed by atoms with E-state index in [0.29, 0.717) is 0 Å². The maximum absolute atomic E-state index is 11.5. The highest BCUT2D eigenvalue weighted by Crippen LogP contribution is 2.17. The van der Waals surface area contributed by atoms with Gasteiger partial charge in [-0.3, -0.25) is 4.57 Å². The molecule has 0 aliphatic rings. The van der Waals surface area contributed by atoms with E-state index in [2.05, 4.69) is 4.98 Å². The lowest BCUT2D eigenvalue weighted by Gasteiger charge is -2.00. The average molecular weight is 206 g/mol. The fourth-order valence-electron chi connectivity index (χ4n) is 1.21. The van der Waals surface area contributed by atoms with Gasteiger partial charge in [-0.2, -0.15) is 4.98 Å². The van der Waals surface area contributed by atoms with Crippen LogP contribution in [0.4, 0.5) is 0 Å². The Kier molecular flexibility index (Phi) is 2.21. The van der Waals surface area contributed by atoms with Gasteiger partial charge in [-0.05, 0) is 32.0 Å². The van der Waals surface area contributed by atoms with Crippen molar-refractivity contribution in [3.8, 4) is 5.00 Å². The van der Waals surface area contributed by atoms with Gasteiger partial charge in [0.2, 0.25) is 0 Å². The Morgan fingerprint density at radius 3 is 2.64 bits per heavy atom. The summed E-state index contributed by atoms with van der Waals surface area (Å²) in [5.74, 6) is 0. The second kappa shape index (κ2) is 3.38. The molecule has 4 heteroatoms. The minimum atomic E-state index is -0.216. The number of hydrogen-bond donors (Lipinski definition) is 0. The monoisotopic (exact) mass is 206 g/mol. The molecule has 72 valence electrons. The second-order valence-electron chi connectivity index (χ2n) is 3.11. The van der Waals surface area contributed by atoms with Crippen LogP contribution in [0.25, 0.3) is 5.00 Å². The van der Waals surface area contributed by atoms with E-state index in [4.69, 9.17) is 0 Å². The quantitative estimate of drug-likeness (QED) is 0.714. The Morgan fingerprint density at radius 2 is 2.07 bits per heavy atom. The van der Waals surface area contributed by atoms with E-state index >= 15 is 0 Å². The Morgan fingerprint density at radius 1 is 1.29 bits per heavy atom. The van der Waals surface area contributed by atoms with E-state index in [0.717, 1.165) is 10.7 Å². The Hall–Kier alpha value is -1.42. The molecule has 2 rings (SSSR count). The summed E-state index contributed by atoms with van der Waals surface area (Å²) in [4.78, 5) is 16.6. The molecule has 2 aromatic heterocycles. The van der Waals surface area contributed by atoms with Crippen LogP contribution in [0.3, 0.4) is 0 Å². The summed E-state index contributed by atoms with van der Waals surface area (Å²) in [5.41, 5.74) is 0.534. The van der Waals surface area contributed by atoms with Gasteiger partial charge < -0.3 is 0 Å². The lowest BCUT2D eigenvalue weighted by Crippen LogP contribution is -2.20. The summed E-state index contributed by atoms with van der Waals surface area (Å²) in [6, 6.07) is 5.75. The zero-order valence-electron chi connectivity index (χ0n) is 8.02. The summed E-state index contributed by atoms with van der Waals surface area (Å²) in [6.07, 6.45) is 1.76. The van der Waals surface area contributed by atoms with Crippen molar-refractivity contribution in [1.29, 1.82) is 0 Å². The molecule has 0 unspecified atom stereocenters. The number of aromatic nitrogens is 2. The first-order valence-electron chi connectivity index (χ1n) is 4.30. The maximum Gasteiger partial charge on any atom is 0.352 e. The van der Waals surface area contributed by atoms with Crippen molar-refractivity contribution in [2.75, 3.05) is 0 Å². The molecule has 0 aliphatic heterocycles. The van der Waals surface area contributed by atoms with Gasteiger partial charge in [0.25, 0.3) is 0 Å². The molecule has 0 radical (unpaired) electrons. The van der Waals surface area contributed by atoms with Crippen molar-refractivity contribution in [2.24, 2.45) is 0 Å². The zero-order chi connectivity index (χ0) is 10.1. The summed E-state index contributed by atoms with van der Waals surface area (Å²) >= 11 is 1.58. The molecule has 14 heavy (non-hydrogen) atoms. The lowest BCUT2D eigenvalue weighted by atomic mass is 10.4. The van der Waals surface area contributed by atoms with Crippen LogP contribution in [0, 0.1) is 13.8 Å². The summed E-state index contributed by atoms with van der Waals surface area (Å²) in [6.45, 7) is 3.83. The van der Waals surface area contributed by atoms with Crippen molar-refractivity contribution < 1.29 is 0 Å². The highest BCUT2D eigenvalue weighted by Gasteiger charge is 2.02. The Bertz CT molecular complexity index is 513. The summed E-state index contributed by atoms with van der Waals surface area (Å²) in [7, 11) is 0. The number of hydrogen-bond acceptors (Lipinski definition) is 3. The highest BCUT2D eigenvalue weighted by molar-refractivity contribution is 7.14. The van der Waals surface area contributed by atoms with Crippen LogP contribution in [0.15, 0.2) is 29.2 Å². The van der Waals surface area contributed by atoms with E-state index in [1.165, 1.54) is 4.88 Å². The molecular weight excluding hydrogens is 196 g/mol. The minimum Gasteiger partial charge on any atom is -0.259 e. The van der Waals surface area contributed by atoms with Crippen LogP contribution in [0.1, 0.15) is 10.6 Å². The second-order valence-corrected chi connectivity index (χ2v) is 4.37. The average Bonchev–Trinajstić information content (AvgIpc) is 2.51. The first-order chi connectivity index (χ1) is 6.66. The van der Waals surface area contributed by atoms with Crippen LogP contribution in [-0.2, 0) is 0 Å². The molecule has 0 spiro atoms. The number of nitrogens with zero attached hydrogens (tertiary/aromatic N) is 2. The van der Waals surface area contributed by atoms with Gasteiger partial charge >= 0.3 is 5.69 Å². The normalized spacial score (nSPS) is 10.4. The van der Waals surface area contributed by atoms with E-state index in [-0.39, 0.29) is 5.69 Å². The van der Waals surface area contributed by atoms with Gasteiger partial charge in [-0.15, -0.1) is 11.3 Å². The molecule has 0 aliphatic carbocycles. The summed E-state index contributed by atoms with van der Waals surface area (Å²) < 4.78 is 1.56. The molecule has 0 saturated heterocycles. The van der Waals surface area contributed by atoms with Gasteiger partial charge in [0.15, 0.2) is 0 Å². The highest BCUT2D eigenvalue weighted by atomic mass is 32.1. The molecule has 0 aromatic carbocycles.